The first kappa shape index (κ1) is 76.8. The quantitative estimate of drug-likeness (QED) is 0.0182. The van der Waals surface area contributed by atoms with Crippen molar-refractivity contribution in [2.75, 3.05) is 60.4 Å². The molecule has 0 bridgehead atoms. The lowest BCUT2D eigenvalue weighted by Gasteiger charge is -2.60. The number of likely N-dealkylation sites (N-methyl/N-ethyl adjacent to an activating group) is 1. The number of hydroxylamine groups is 1. The molecule has 5 aliphatic heterocycles. The number of piperidine rings is 1. The zero-order chi connectivity index (χ0) is 69.9. The third-order valence-corrected chi connectivity index (χ3v) is 24.5. The lowest BCUT2D eigenvalue weighted by molar-refractivity contribution is -0.342. The van der Waals surface area contributed by atoms with Crippen molar-refractivity contribution < 1.29 is 106 Å². The van der Waals surface area contributed by atoms with Gasteiger partial charge in [-0.3, -0.25) is 14.4 Å². The number of benzene rings is 1. The van der Waals surface area contributed by atoms with Crippen LogP contribution in [-0.4, -0.2) is 240 Å². The summed E-state index contributed by atoms with van der Waals surface area (Å²) in [6.07, 6.45) is -12.0. The molecule has 5 heterocycles. The first-order chi connectivity index (χ1) is 45.5. The van der Waals surface area contributed by atoms with E-state index in [0.717, 1.165) is 24.6 Å². The molecule has 22 atom stereocenters. The summed E-state index contributed by atoms with van der Waals surface area (Å²) >= 11 is 2.85. The maximum absolute atomic E-state index is 14.5. The van der Waals surface area contributed by atoms with E-state index in [-0.39, 0.29) is 90.2 Å². The van der Waals surface area contributed by atoms with Crippen molar-refractivity contribution in [2.24, 2.45) is 17.3 Å². The molecule has 0 radical (unpaired) electrons. The number of allylic oxidation sites excluding steroid dienone is 2. The second kappa shape index (κ2) is 32.7. The topological polar surface area (TPSA) is 317 Å². The molecule has 7 fully saturated rings. The lowest BCUT2D eigenvalue weighted by atomic mass is 9.44. The van der Waals surface area contributed by atoms with Crippen molar-refractivity contribution in [3.63, 3.8) is 0 Å². The molecule has 96 heavy (non-hydrogen) atoms. The van der Waals surface area contributed by atoms with Gasteiger partial charge in [0.2, 0.25) is 17.2 Å². The highest BCUT2D eigenvalue weighted by atomic mass is 127. The highest BCUT2D eigenvalue weighted by Crippen LogP contribution is 2.70. The number of ketones is 2. The van der Waals surface area contributed by atoms with Gasteiger partial charge in [0.1, 0.15) is 59.4 Å². The minimum absolute atomic E-state index is 0.0312. The highest BCUT2D eigenvalue weighted by Gasteiger charge is 2.78. The molecule has 7 N–H and O–H groups in total. The molecule has 8 aliphatic rings. The second-order valence-electron chi connectivity index (χ2n) is 26.6. The highest BCUT2D eigenvalue weighted by molar-refractivity contribution is 14.1. The minimum Gasteiger partial charge on any atom is -0.492 e. The Balaban J connectivity index is 0.933. The summed E-state index contributed by atoms with van der Waals surface area (Å²) in [5, 5.41) is 61.7. The Morgan fingerprint density at radius 1 is 0.885 bits per heavy atom. The van der Waals surface area contributed by atoms with Crippen LogP contribution in [0.4, 0.5) is 4.79 Å². The van der Waals surface area contributed by atoms with Crippen LogP contribution in [0.15, 0.2) is 23.3 Å². The van der Waals surface area contributed by atoms with Crippen molar-refractivity contribution >= 4 is 78.7 Å². The standard InChI is InChI=1S/C67H94IN3O22S3/c1-15-69-41-31-85-46(29-45(41)81-11)90-58-53(76)51(70-93-47-28-42(73)60(37(7)86-47)95-61(78)48-34(4)50(68)56(59(84-14)55(48)82-12)91-62-54(77)57(83-13)52(75)36(6)88-62)35(5)87-63(58)89-44-18-16-17-32(2)19-23-66-40(27-33(3)72)43(74)30-67(66,80)39(49(44)66)22-26-94-96-38-20-24-71(25-21-38)64(79)92-65(8,9)10/h17,22,35-38,40-42,44-47,49,51-54,57-58,60,62-63,69-70,73,75-77,80H,15,20-21,24-31H2,1-14H3/b32-17-,39-22+/t35-,36+,37-,40?,41+,42+,44+,45+,46+,47+,49?,51-,52+,53+,54-,57-,58-,60-,62+,63+,66?,67+/m1/s1. The number of aliphatic hydroxyl groups is 5. The monoisotopic (exact) mass is 1520 g/mol. The van der Waals surface area contributed by atoms with Gasteiger partial charge in [0.15, 0.2) is 30.4 Å². The molecule has 534 valence electrons. The summed E-state index contributed by atoms with van der Waals surface area (Å²) in [7, 11) is 8.96. The number of halogens is 1. The number of Topliss-reactive ketones (excluding diaryl/α,β-unsaturated/α-hetero) is 2. The number of methoxy groups -OCH3 is 4. The molecule has 25 nitrogen and oxygen atoms in total. The van der Waals surface area contributed by atoms with Crippen LogP contribution in [0.2, 0.25) is 0 Å². The molecular formula is C67H94IN3O22S3. The first-order valence-corrected chi connectivity index (χ1v) is 36.9. The zero-order valence-corrected chi connectivity index (χ0v) is 61.4. The van der Waals surface area contributed by atoms with Gasteiger partial charge in [-0.05, 0) is 122 Å². The van der Waals surface area contributed by atoms with E-state index in [9.17, 15) is 44.7 Å². The number of amides is 1. The average Bonchev–Trinajstić information content (AvgIpc) is 1.45. The van der Waals surface area contributed by atoms with Gasteiger partial charge in [0, 0.05) is 81.4 Å². The van der Waals surface area contributed by atoms with E-state index in [1.54, 1.807) is 74.3 Å². The molecule has 5 saturated heterocycles. The fourth-order valence-corrected chi connectivity index (χ4v) is 18.4. The number of carbonyl (C=O) groups is 4. The number of thioether (sulfide) groups is 1. The second-order valence-corrected chi connectivity index (χ2v) is 31.5. The van der Waals surface area contributed by atoms with Crippen molar-refractivity contribution in [1.29, 1.82) is 0 Å². The van der Waals surface area contributed by atoms with Crippen LogP contribution in [0, 0.1) is 51.4 Å². The number of carbonyl (C=O) groups excluding carboxylic acids is 4. The number of hydrogen-bond acceptors (Lipinski definition) is 27. The van der Waals surface area contributed by atoms with Gasteiger partial charge >= 0.3 is 6.09 Å². The third kappa shape index (κ3) is 16.3. The Morgan fingerprint density at radius 3 is 2.24 bits per heavy atom. The van der Waals surface area contributed by atoms with Crippen molar-refractivity contribution in [3.05, 3.63) is 38.0 Å². The number of aliphatic hydroxyl groups excluding tert-OH is 4. The summed E-state index contributed by atoms with van der Waals surface area (Å²) < 4.78 is 74.3. The van der Waals surface area contributed by atoms with Gasteiger partial charge in [-0.25, -0.2) is 4.79 Å². The number of likely N-dealkylation sites (tertiary alicyclic amines) is 1. The van der Waals surface area contributed by atoms with Crippen LogP contribution >= 0.6 is 55.9 Å². The van der Waals surface area contributed by atoms with Gasteiger partial charge in [0.05, 0.1) is 83.2 Å². The summed E-state index contributed by atoms with van der Waals surface area (Å²) in [5.74, 6) is 11.0. The normalized spacial score (nSPS) is 38.0. The zero-order valence-electron chi connectivity index (χ0n) is 56.8. The molecule has 9 rings (SSSR count). The summed E-state index contributed by atoms with van der Waals surface area (Å²) in [4.78, 5) is 62.8. The predicted octanol–water partition coefficient (Wildman–Crippen LogP) is 5.31. The maximum atomic E-state index is 14.5. The van der Waals surface area contributed by atoms with Crippen molar-refractivity contribution in [2.45, 2.75) is 234 Å². The summed E-state index contributed by atoms with van der Waals surface area (Å²) in [6.45, 7) is 19.3. The van der Waals surface area contributed by atoms with Gasteiger partial charge < -0.3 is 97.4 Å². The summed E-state index contributed by atoms with van der Waals surface area (Å²) in [5.41, 5.74) is 0.646. The van der Waals surface area contributed by atoms with Crippen LogP contribution in [0.3, 0.4) is 0 Å². The van der Waals surface area contributed by atoms with E-state index in [0.29, 0.717) is 45.7 Å². The van der Waals surface area contributed by atoms with Crippen LogP contribution in [0.5, 0.6) is 17.2 Å². The number of ether oxygens (including phenoxy) is 12. The van der Waals surface area contributed by atoms with Gasteiger partial charge in [-0.15, -0.1) is 0 Å². The Kier molecular flexibility index (Phi) is 26.2. The minimum atomic E-state index is -1.79. The van der Waals surface area contributed by atoms with Gasteiger partial charge in [-0.2, -0.15) is 5.48 Å². The molecule has 1 amide bonds. The molecule has 2 saturated carbocycles. The molecule has 3 unspecified atom stereocenters. The number of nitrogens with one attached hydrogen (secondary N) is 2. The molecule has 0 aromatic heterocycles. The molecule has 1 spiro atoms. The van der Waals surface area contributed by atoms with Crippen molar-refractivity contribution in [3.8, 4) is 40.9 Å². The Bertz CT molecular complexity index is 3150. The van der Waals surface area contributed by atoms with E-state index in [1.165, 1.54) is 28.3 Å². The first-order valence-electron chi connectivity index (χ1n) is 32.6. The van der Waals surface area contributed by atoms with Crippen molar-refractivity contribution in [1.82, 2.24) is 15.7 Å². The van der Waals surface area contributed by atoms with Gasteiger partial charge in [0.25, 0.3) is 0 Å². The van der Waals surface area contributed by atoms with E-state index >= 15 is 0 Å². The van der Waals surface area contributed by atoms with Crippen LogP contribution in [0.1, 0.15) is 117 Å². The molecular weight excluding hydrogens is 1420 g/mol. The number of nitrogens with zero attached hydrogens (tertiary/aromatic N) is 1. The van der Waals surface area contributed by atoms with Gasteiger partial charge in [-0.1, -0.05) is 70.0 Å². The summed E-state index contributed by atoms with van der Waals surface area (Å²) in [6, 6.07) is -1.23. The fourth-order valence-electron chi connectivity index (χ4n) is 14.1. The van der Waals surface area contributed by atoms with E-state index in [4.69, 9.17) is 61.7 Å². The molecule has 1 aromatic rings. The Hall–Kier alpha value is -3.36. The lowest BCUT2D eigenvalue weighted by Crippen LogP contribution is -2.69. The number of rotatable bonds is 23. The Labute approximate surface area is 587 Å². The third-order valence-electron chi connectivity index (χ3n) is 19.0. The molecule has 29 heteroatoms. The Morgan fingerprint density at radius 2 is 1.59 bits per heavy atom. The molecule has 1 aromatic carbocycles. The fraction of sp³-hybridized carbons (Fsp3) is 0.731. The van der Waals surface area contributed by atoms with Crippen LogP contribution < -0.4 is 25.0 Å². The number of hydrogen-bond donors (Lipinski definition) is 7. The van der Waals surface area contributed by atoms with E-state index in [1.807, 2.05) is 56.4 Å². The maximum Gasteiger partial charge on any atom is 0.410 e. The smallest absolute Gasteiger partial charge is 0.410 e. The van der Waals surface area contributed by atoms with E-state index < -0.39 is 131 Å². The SMILES string of the molecule is CCN[C@H]1CO[C@@H](O[C@H]2[C@H](O[C@H]3C#C/C=C(/C)C#CC45C(CC(C)=O)C(=O)C[C@]4(O)/C(=C/CSSC4CCN(C(=O)OC(C)(C)C)CC4)C35)O[C@H](C)[C@@H](NO[C@H]3C[C@H](O)[C@H](SC(=O)c4c(C)c(I)c(O[C@@H]5O[C@@H](C)[C@H](O)[C@@H](OC)[C@H]5O)c(OC)c4OC)[C@@H](C)O3)[C@@H]2O)C[C@@H]1OC. The van der Waals surface area contributed by atoms with Crippen LogP contribution in [0.25, 0.3) is 0 Å². The van der Waals surface area contributed by atoms with Crippen LogP contribution in [-0.2, 0) is 57.1 Å². The largest absolute Gasteiger partial charge is 0.492 e. The molecule has 3 aliphatic carbocycles. The van der Waals surface area contributed by atoms with E-state index in [2.05, 4.69) is 34.5 Å². The average molecular weight is 1520 g/mol. The predicted molar refractivity (Wildman–Crippen MR) is 364 cm³/mol.